The van der Waals surface area contributed by atoms with E-state index in [0.717, 1.165) is 0 Å². The number of nitrogens with one attached hydrogen (secondary N) is 1. The second-order valence-electron chi connectivity index (χ2n) is 3.39. The van der Waals surface area contributed by atoms with Crippen LogP contribution in [0.25, 0.3) is 0 Å². The van der Waals surface area contributed by atoms with Gasteiger partial charge in [-0.1, -0.05) is 20.3 Å². The number of quaternary nitrogens is 1. The van der Waals surface area contributed by atoms with E-state index in [4.69, 9.17) is 0 Å². The molecule has 0 aromatic carbocycles. The summed E-state index contributed by atoms with van der Waals surface area (Å²) in [5.41, 5.74) is 1.55. The Morgan fingerprint density at radius 1 is 1.23 bits per heavy atom. The van der Waals surface area contributed by atoms with Crippen LogP contribution in [0.2, 0.25) is 0 Å². The van der Waals surface area contributed by atoms with Gasteiger partial charge in [0.2, 0.25) is 0 Å². The van der Waals surface area contributed by atoms with Crippen molar-refractivity contribution in [2.24, 2.45) is 0 Å². The lowest BCUT2D eigenvalue weighted by molar-refractivity contribution is -0.804. The van der Waals surface area contributed by atoms with E-state index in [1.807, 2.05) is 0 Å². The van der Waals surface area contributed by atoms with Gasteiger partial charge in [-0.3, -0.25) is 4.90 Å². The summed E-state index contributed by atoms with van der Waals surface area (Å²) in [4.78, 5) is 1.57. The molecule has 1 aliphatic rings. The maximum absolute atomic E-state index is 2.27. The van der Waals surface area contributed by atoms with E-state index in [9.17, 15) is 0 Å². The lowest BCUT2D eigenvalue weighted by Crippen LogP contribution is -3.04. The van der Waals surface area contributed by atoms with Crippen molar-refractivity contribution in [2.45, 2.75) is 39.5 Å². The first-order valence-corrected chi connectivity index (χ1v) is 5.12. The molecule has 2 heteroatoms. The Hall–Kier alpha value is -0.630. The minimum atomic E-state index is 0. The monoisotopic (exact) mass is 185 g/mol. The van der Waals surface area contributed by atoms with Crippen molar-refractivity contribution in [3.8, 4) is 0 Å². The molecule has 1 atom stereocenters. The van der Waals surface area contributed by atoms with Gasteiger partial charge in [-0.2, -0.15) is 0 Å². The number of unbranched alkanes of at least 4 members (excludes halogenated alkanes) is 2. The second-order valence-corrected chi connectivity index (χ2v) is 3.39. The molecule has 1 heterocycles. The molecule has 0 saturated heterocycles. The predicted octanol–water partition coefficient (Wildman–Crippen LogP) is -1.11. The van der Waals surface area contributed by atoms with Gasteiger partial charge in [0.05, 0.1) is 12.7 Å². The molecule has 0 amide bonds. The van der Waals surface area contributed by atoms with Gasteiger partial charge in [-0.15, -0.1) is 0 Å². The number of hydrogen-bond donors (Lipinski definition) is 1. The number of rotatable bonds is 5. The summed E-state index contributed by atoms with van der Waals surface area (Å²) in [6.07, 6.45) is 11.9. The average molecular weight is 185 g/mol. The Bertz CT molecular complexity index is 185. The van der Waals surface area contributed by atoms with Gasteiger partial charge >= 0.3 is 0 Å². The average Bonchev–Trinajstić information content (AvgIpc) is 2.52. The van der Waals surface area contributed by atoms with E-state index in [1.54, 1.807) is 10.6 Å². The Labute approximate surface area is 80.5 Å². The topological polar surface area (TPSA) is 4.44 Å². The first kappa shape index (κ1) is 12.4. The summed E-state index contributed by atoms with van der Waals surface area (Å²) in [7, 11) is 0. The van der Waals surface area contributed by atoms with Gasteiger partial charge in [0.25, 0.3) is 0 Å². The van der Waals surface area contributed by atoms with Crippen LogP contribution in [0.4, 0.5) is 0 Å². The minimum absolute atomic E-state index is 0. The van der Waals surface area contributed by atoms with Crippen LogP contribution in [-0.2, 0) is 0 Å². The molecule has 1 aliphatic heterocycles. The number of halogens is 1. The normalized spacial score (nSPS) is 19.8. The maximum Gasteiger partial charge on any atom is 0.112 e. The van der Waals surface area contributed by atoms with Crippen LogP contribution in [0, 0.1) is 0 Å². The molecule has 0 saturated carbocycles. The van der Waals surface area contributed by atoms with Crippen LogP contribution in [0.3, 0.4) is 0 Å². The van der Waals surface area contributed by atoms with Crippen molar-refractivity contribution in [1.29, 1.82) is 0 Å². The van der Waals surface area contributed by atoms with Crippen molar-refractivity contribution in [3.63, 3.8) is 0 Å². The molecule has 0 aromatic rings. The van der Waals surface area contributed by atoms with Crippen LogP contribution in [0.15, 0.2) is 24.0 Å². The smallest absolute Gasteiger partial charge is 0.112 e. The van der Waals surface area contributed by atoms with Gasteiger partial charge in [0, 0.05) is 12.5 Å². The molecule has 76 valence electrons. The Balaban J connectivity index is 0.00000144. The first-order chi connectivity index (χ1) is 5.88. The van der Waals surface area contributed by atoms with Crippen molar-refractivity contribution in [3.05, 3.63) is 24.0 Å². The molecular formula is C11H20FN. The fourth-order valence-electron chi connectivity index (χ4n) is 1.65. The van der Waals surface area contributed by atoms with Gasteiger partial charge < -0.3 is 4.70 Å². The maximum atomic E-state index is 2.27. The summed E-state index contributed by atoms with van der Waals surface area (Å²) in [5, 5.41) is 0. The third-order valence-electron chi connectivity index (χ3n) is 2.44. The van der Waals surface area contributed by atoms with Gasteiger partial charge in [0.15, 0.2) is 0 Å². The molecule has 0 aromatic heterocycles. The summed E-state index contributed by atoms with van der Waals surface area (Å²) in [6, 6.07) is 0. The molecule has 0 spiro atoms. The highest BCUT2D eigenvalue weighted by molar-refractivity contribution is 5.09. The SMILES string of the molecule is CCCCC[NH+]1C=CC=C1CC.[F-]. The highest BCUT2D eigenvalue weighted by Crippen LogP contribution is 1.98. The molecule has 13 heavy (non-hydrogen) atoms. The van der Waals surface area contributed by atoms with Crippen molar-refractivity contribution >= 4 is 0 Å². The molecule has 0 bridgehead atoms. The number of hydrogen-bond acceptors (Lipinski definition) is 0. The van der Waals surface area contributed by atoms with Gasteiger partial charge in [-0.25, -0.2) is 0 Å². The Morgan fingerprint density at radius 2 is 2.00 bits per heavy atom. The first-order valence-electron chi connectivity index (χ1n) is 5.12. The summed E-state index contributed by atoms with van der Waals surface area (Å²) >= 11 is 0. The van der Waals surface area contributed by atoms with E-state index in [1.165, 1.54) is 32.2 Å². The Morgan fingerprint density at radius 3 is 2.62 bits per heavy atom. The van der Waals surface area contributed by atoms with Crippen LogP contribution in [0.5, 0.6) is 0 Å². The van der Waals surface area contributed by atoms with Crippen LogP contribution < -0.4 is 9.60 Å². The lowest BCUT2D eigenvalue weighted by atomic mass is 10.2. The molecule has 0 fully saturated rings. The third kappa shape index (κ3) is 3.73. The second kappa shape index (κ2) is 6.84. The lowest BCUT2D eigenvalue weighted by Gasteiger charge is -2.12. The van der Waals surface area contributed by atoms with Crippen LogP contribution in [-0.4, -0.2) is 6.54 Å². The van der Waals surface area contributed by atoms with E-state index in [0.29, 0.717) is 0 Å². The zero-order valence-corrected chi connectivity index (χ0v) is 8.65. The van der Waals surface area contributed by atoms with Gasteiger partial charge in [-0.05, 0) is 18.9 Å². The molecule has 1 N–H and O–H groups in total. The fourth-order valence-corrected chi connectivity index (χ4v) is 1.65. The van der Waals surface area contributed by atoms with Crippen molar-refractivity contribution in [1.82, 2.24) is 0 Å². The van der Waals surface area contributed by atoms with E-state index >= 15 is 0 Å². The fraction of sp³-hybridized carbons (Fsp3) is 0.636. The largest absolute Gasteiger partial charge is 1.00 e. The van der Waals surface area contributed by atoms with Crippen LogP contribution >= 0.6 is 0 Å². The van der Waals surface area contributed by atoms with E-state index < -0.39 is 0 Å². The van der Waals surface area contributed by atoms with Crippen molar-refractivity contribution < 1.29 is 9.60 Å². The number of allylic oxidation sites excluding steroid dienone is 3. The molecule has 0 radical (unpaired) electrons. The summed E-state index contributed by atoms with van der Waals surface area (Å²) < 4.78 is 0. The standard InChI is InChI=1S/C11H19N.FH/c1-3-5-6-9-12-10-7-8-11(12)4-2;/h7-8,10H,3-6,9H2,1-2H3;1H. The zero-order chi connectivity index (χ0) is 8.81. The third-order valence-corrected chi connectivity index (χ3v) is 2.44. The van der Waals surface area contributed by atoms with Gasteiger partial charge in [0.1, 0.15) is 5.70 Å². The Kier molecular flexibility index (Phi) is 6.51. The zero-order valence-electron chi connectivity index (χ0n) is 8.65. The summed E-state index contributed by atoms with van der Waals surface area (Å²) in [6.45, 7) is 5.77. The molecule has 1 unspecified atom stereocenters. The van der Waals surface area contributed by atoms with Crippen LogP contribution in [0.1, 0.15) is 39.5 Å². The van der Waals surface area contributed by atoms with E-state index in [2.05, 4.69) is 32.2 Å². The van der Waals surface area contributed by atoms with E-state index in [-0.39, 0.29) is 4.70 Å². The molecule has 1 nitrogen and oxygen atoms in total. The molecular weight excluding hydrogens is 165 g/mol. The minimum Gasteiger partial charge on any atom is -1.00 e. The van der Waals surface area contributed by atoms with Crippen molar-refractivity contribution in [2.75, 3.05) is 6.54 Å². The molecule has 1 rings (SSSR count). The highest BCUT2D eigenvalue weighted by Gasteiger charge is 2.13. The summed E-state index contributed by atoms with van der Waals surface area (Å²) in [5.74, 6) is 0. The highest BCUT2D eigenvalue weighted by atomic mass is 19.0. The quantitative estimate of drug-likeness (QED) is 0.518. The predicted molar refractivity (Wildman–Crippen MR) is 52.9 cm³/mol. The molecule has 0 aliphatic carbocycles.